The van der Waals surface area contributed by atoms with E-state index in [1.807, 2.05) is 6.07 Å². The van der Waals surface area contributed by atoms with E-state index in [1.165, 1.54) is 12.1 Å². The lowest BCUT2D eigenvalue weighted by atomic mass is 10.1. The van der Waals surface area contributed by atoms with E-state index in [0.29, 0.717) is 22.1 Å². The fourth-order valence-electron chi connectivity index (χ4n) is 1.92. The van der Waals surface area contributed by atoms with Crippen LogP contribution in [-0.2, 0) is 0 Å². The fourth-order valence-corrected chi connectivity index (χ4v) is 2.14. The zero-order valence-electron chi connectivity index (χ0n) is 9.81. The molecular weight excluding hydrogens is 267 g/mol. The molecule has 0 saturated heterocycles. The molecule has 3 rings (SSSR count). The third kappa shape index (κ3) is 2.20. The smallest absolute Gasteiger partial charge is 0.141 e. The Morgan fingerprint density at radius 1 is 1.26 bits per heavy atom. The van der Waals surface area contributed by atoms with Crippen LogP contribution in [0.3, 0.4) is 0 Å². The summed E-state index contributed by atoms with van der Waals surface area (Å²) >= 11 is 6.08. The zero-order valence-corrected chi connectivity index (χ0v) is 10.6. The molecule has 1 aromatic carbocycles. The fraction of sp³-hybridized carbons (Fsp3) is 0.0714. The molecule has 2 heterocycles. The van der Waals surface area contributed by atoms with Gasteiger partial charge in [0.1, 0.15) is 23.2 Å². The standard InChI is InChI=1S/C14H10ClFN2O/c15-10-2-1-3-12-9(10)6-13(19-12)14(17)11-5-4-8(16)7-18-11/h1-7,14H,17H2. The largest absolute Gasteiger partial charge is 0.459 e. The minimum atomic E-state index is -0.552. The molecule has 3 nitrogen and oxygen atoms in total. The SMILES string of the molecule is NC(c1ccc(F)cn1)c1cc2c(Cl)cccc2o1. The number of hydrogen-bond donors (Lipinski definition) is 1. The molecule has 0 aliphatic carbocycles. The monoisotopic (exact) mass is 276 g/mol. The van der Waals surface area contributed by atoms with Crippen molar-refractivity contribution in [1.29, 1.82) is 0 Å². The summed E-state index contributed by atoms with van der Waals surface area (Å²) in [5.41, 5.74) is 7.26. The van der Waals surface area contributed by atoms with Crippen molar-refractivity contribution >= 4 is 22.6 Å². The normalized spacial score (nSPS) is 12.8. The Bertz CT molecular complexity index is 724. The molecule has 5 heteroatoms. The van der Waals surface area contributed by atoms with Gasteiger partial charge in [-0.25, -0.2) is 4.39 Å². The van der Waals surface area contributed by atoms with Crippen molar-refractivity contribution in [3.8, 4) is 0 Å². The summed E-state index contributed by atoms with van der Waals surface area (Å²) in [5, 5.41) is 1.41. The van der Waals surface area contributed by atoms with Crippen LogP contribution in [0.2, 0.25) is 5.02 Å². The molecule has 0 spiro atoms. The highest BCUT2D eigenvalue weighted by Gasteiger charge is 2.16. The van der Waals surface area contributed by atoms with E-state index in [1.54, 1.807) is 18.2 Å². The van der Waals surface area contributed by atoms with Crippen molar-refractivity contribution in [1.82, 2.24) is 4.98 Å². The van der Waals surface area contributed by atoms with Gasteiger partial charge >= 0.3 is 0 Å². The molecule has 0 bridgehead atoms. The summed E-state index contributed by atoms with van der Waals surface area (Å²) in [6.07, 6.45) is 1.13. The Hall–Kier alpha value is -1.91. The molecule has 0 aliphatic heterocycles. The second kappa shape index (κ2) is 4.64. The maximum absolute atomic E-state index is 12.8. The third-order valence-corrected chi connectivity index (χ3v) is 3.23. The summed E-state index contributed by atoms with van der Waals surface area (Å²) in [5.74, 6) is 0.144. The van der Waals surface area contributed by atoms with Crippen molar-refractivity contribution in [2.45, 2.75) is 6.04 Å². The van der Waals surface area contributed by atoms with Crippen molar-refractivity contribution < 1.29 is 8.81 Å². The lowest BCUT2D eigenvalue weighted by molar-refractivity contribution is 0.519. The van der Waals surface area contributed by atoms with Crippen molar-refractivity contribution in [2.75, 3.05) is 0 Å². The predicted molar refractivity (Wildman–Crippen MR) is 71.4 cm³/mol. The maximum atomic E-state index is 12.8. The van der Waals surface area contributed by atoms with Gasteiger partial charge in [0.15, 0.2) is 0 Å². The number of rotatable bonds is 2. The van der Waals surface area contributed by atoms with Gasteiger partial charge in [0.05, 0.1) is 16.9 Å². The topological polar surface area (TPSA) is 52.0 Å². The van der Waals surface area contributed by atoms with Crippen LogP contribution in [0.4, 0.5) is 4.39 Å². The lowest BCUT2D eigenvalue weighted by Gasteiger charge is -2.07. The second-order valence-corrected chi connectivity index (χ2v) is 4.59. The van der Waals surface area contributed by atoms with E-state index in [4.69, 9.17) is 21.8 Å². The third-order valence-electron chi connectivity index (χ3n) is 2.90. The van der Waals surface area contributed by atoms with Crippen LogP contribution in [-0.4, -0.2) is 4.98 Å². The number of benzene rings is 1. The molecule has 2 N–H and O–H groups in total. The number of nitrogens with zero attached hydrogens (tertiary/aromatic N) is 1. The van der Waals surface area contributed by atoms with Gasteiger partial charge in [-0.15, -0.1) is 0 Å². The quantitative estimate of drug-likeness (QED) is 0.777. The van der Waals surface area contributed by atoms with Crippen LogP contribution in [0, 0.1) is 5.82 Å². The van der Waals surface area contributed by atoms with E-state index in [9.17, 15) is 4.39 Å². The van der Waals surface area contributed by atoms with E-state index in [0.717, 1.165) is 11.6 Å². The second-order valence-electron chi connectivity index (χ2n) is 4.18. The van der Waals surface area contributed by atoms with Crippen LogP contribution >= 0.6 is 11.6 Å². The molecule has 0 saturated carbocycles. The first-order valence-electron chi connectivity index (χ1n) is 5.70. The van der Waals surface area contributed by atoms with E-state index in [-0.39, 0.29) is 0 Å². The number of hydrogen-bond acceptors (Lipinski definition) is 3. The van der Waals surface area contributed by atoms with Gasteiger partial charge in [0.25, 0.3) is 0 Å². The van der Waals surface area contributed by atoms with Crippen molar-refractivity contribution in [2.24, 2.45) is 5.73 Å². The van der Waals surface area contributed by atoms with Crippen LogP contribution in [0.25, 0.3) is 11.0 Å². The summed E-state index contributed by atoms with van der Waals surface area (Å²) < 4.78 is 18.5. The van der Waals surface area contributed by atoms with Crippen LogP contribution in [0.1, 0.15) is 17.5 Å². The number of aromatic nitrogens is 1. The van der Waals surface area contributed by atoms with Gasteiger partial charge in [-0.1, -0.05) is 17.7 Å². The predicted octanol–water partition coefficient (Wildman–Crippen LogP) is 3.67. The molecule has 0 aliphatic rings. The van der Waals surface area contributed by atoms with Crippen LogP contribution < -0.4 is 5.73 Å². The molecule has 3 aromatic rings. The Morgan fingerprint density at radius 2 is 2.11 bits per heavy atom. The van der Waals surface area contributed by atoms with Gasteiger partial charge in [0.2, 0.25) is 0 Å². The van der Waals surface area contributed by atoms with E-state index in [2.05, 4.69) is 4.98 Å². The number of halogens is 2. The highest BCUT2D eigenvalue weighted by atomic mass is 35.5. The zero-order chi connectivity index (χ0) is 13.4. The summed E-state index contributed by atoms with van der Waals surface area (Å²) in [7, 11) is 0. The number of pyridine rings is 1. The first-order valence-corrected chi connectivity index (χ1v) is 6.08. The minimum absolute atomic E-state index is 0.399. The summed E-state index contributed by atoms with van der Waals surface area (Å²) in [4.78, 5) is 3.95. The van der Waals surface area contributed by atoms with Gasteiger partial charge in [0, 0.05) is 5.39 Å². The molecule has 2 aromatic heterocycles. The first kappa shape index (κ1) is 12.1. The number of furan rings is 1. The summed E-state index contributed by atoms with van der Waals surface area (Å²) in [6, 6.07) is 9.49. The van der Waals surface area contributed by atoms with Crippen molar-refractivity contribution in [3.05, 3.63) is 64.9 Å². The molecule has 1 unspecified atom stereocenters. The highest BCUT2D eigenvalue weighted by Crippen LogP contribution is 2.30. The van der Waals surface area contributed by atoms with Gasteiger partial charge in [-0.05, 0) is 30.3 Å². The Morgan fingerprint density at radius 3 is 2.79 bits per heavy atom. The Balaban J connectivity index is 2.04. The average molecular weight is 277 g/mol. The molecule has 19 heavy (non-hydrogen) atoms. The van der Waals surface area contributed by atoms with Crippen molar-refractivity contribution in [3.63, 3.8) is 0 Å². The summed E-state index contributed by atoms with van der Waals surface area (Å²) in [6.45, 7) is 0. The first-order chi connectivity index (χ1) is 9.15. The van der Waals surface area contributed by atoms with Gasteiger partial charge < -0.3 is 10.2 Å². The Kier molecular flexibility index (Phi) is 2.97. The van der Waals surface area contributed by atoms with E-state index < -0.39 is 11.9 Å². The molecule has 1 atom stereocenters. The van der Waals surface area contributed by atoms with Crippen LogP contribution in [0.5, 0.6) is 0 Å². The Labute approximate surface area is 113 Å². The number of nitrogens with two attached hydrogens (primary N) is 1. The minimum Gasteiger partial charge on any atom is -0.459 e. The lowest BCUT2D eigenvalue weighted by Crippen LogP contribution is -2.12. The number of fused-ring (bicyclic) bond motifs is 1. The molecule has 96 valence electrons. The molecule has 0 radical (unpaired) electrons. The van der Waals surface area contributed by atoms with Gasteiger partial charge in [-0.3, -0.25) is 4.98 Å². The molecule has 0 fully saturated rings. The van der Waals surface area contributed by atoms with E-state index >= 15 is 0 Å². The average Bonchev–Trinajstić information content (AvgIpc) is 2.84. The molecule has 0 amide bonds. The van der Waals surface area contributed by atoms with Gasteiger partial charge in [-0.2, -0.15) is 0 Å². The highest BCUT2D eigenvalue weighted by molar-refractivity contribution is 6.35. The molecular formula is C14H10ClFN2O. The maximum Gasteiger partial charge on any atom is 0.141 e. The van der Waals surface area contributed by atoms with Crippen LogP contribution in [0.15, 0.2) is 47.0 Å².